The van der Waals surface area contributed by atoms with Crippen LogP contribution < -0.4 is 14.8 Å². The molecule has 0 spiro atoms. The number of ether oxygens (including phenoxy) is 2. The van der Waals surface area contributed by atoms with E-state index in [0.717, 1.165) is 29.9 Å². The number of carbonyl (C=O) groups excluding carboxylic acids is 1. The molecular formula is C16H21NO5. The number of amides is 1. The average Bonchev–Trinajstić information content (AvgIpc) is 2.71. The Morgan fingerprint density at radius 3 is 2.68 bits per heavy atom. The highest BCUT2D eigenvalue weighted by Crippen LogP contribution is 2.30. The van der Waals surface area contributed by atoms with Crippen LogP contribution in [0.5, 0.6) is 11.5 Å². The second kappa shape index (κ2) is 8.26. The van der Waals surface area contributed by atoms with E-state index in [1.165, 1.54) is 0 Å². The van der Waals surface area contributed by atoms with Crippen LogP contribution in [0.1, 0.15) is 31.2 Å². The molecule has 1 heterocycles. The van der Waals surface area contributed by atoms with E-state index in [0.29, 0.717) is 26.1 Å². The van der Waals surface area contributed by atoms with Gasteiger partial charge < -0.3 is 19.9 Å². The van der Waals surface area contributed by atoms with Crippen molar-refractivity contribution >= 4 is 11.9 Å². The van der Waals surface area contributed by atoms with Crippen molar-refractivity contribution in [1.82, 2.24) is 5.32 Å². The number of rotatable bonds is 7. The predicted molar refractivity (Wildman–Crippen MR) is 80.2 cm³/mol. The first-order valence-corrected chi connectivity index (χ1v) is 7.52. The lowest BCUT2D eigenvalue weighted by atomic mass is 10.1. The van der Waals surface area contributed by atoms with Crippen LogP contribution in [-0.2, 0) is 16.0 Å². The SMILES string of the molecule is O=C(O)CCNC(=O)CCCc1ccc2c(c1)OCCCO2. The number of benzene rings is 1. The van der Waals surface area contributed by atoms with Gasteiger partial charge in [0.05, 0.1) is 19.6 Å². The Balaban J connectivity index is 1.74. The Hall–Kier alpha value is -2.24. The van der Waals surface area contributed by atoms with Crippen LogP contribution in [0.3, 0.4) is 0 Å². The lowest BCUT2D eigenvalue weighted by molar-refractivity contribution is -0.136. The fourth-order valence-corrected chi connectivity index (χ4v) is 2.21. The van der Waals surface area contributed by atoms with Crippen molar-refractivity contribution in [3.8, 4) is 11.5 Å². The minimum Gasteiger partial charge on any atom is -0.490 e. The molecule has 1 amide bonds. The van der Waals surface area contributed by atoms with Crippen molar-refractivity contribution in [2.24, 2.45) is 0 Å². The van der Waals surface area contributed by atoms with Gasteiger partial charge in [-0.3, -0.25) is 9.59 Å². The first kappa shape index (κ1) is 16.1. The molecule has 0 bridgehead atoms. The molecule has 0 fully saturated rings. The van der Waals surface area contributed by atoms with Crippen molar-refractivity contribution in [2.45, 2.75) is 32.1 Å². The first-order valence-electron chi connectivity index (χ1n) is 7.52. The fourth-order valence-electron chi connectivity index (χ4n) is 2.21. The number of aryl methyl sites for hydroxylation is 1. The summed E-state index contributed by atoms with van der Waals surface area (Å²) in [6, 6.07) is 5.85. The molecule has 0 saturated carbocycles. The van der Waals surface area contributed by atoms with Gasteiger partial charge >= 0.3 is 5.97 Å². The van der Waals surface area contributed by atoms with Crippen LogP contribution in [0, 0.1) is 0 Å². The zero-order valence-corrected chi connectivity index (χ0v) is 12.5. The largest absolute Gasteiger partial charge is 0.490 e. The number of nitrogens with one attached hydrogen (secondary N) is 1. The average molecular weight is 307 g/mol. The topological polar surface area (TPSA) is 84.9 Å². The highest BCUT2D eigenvalue weighted by atomic mass is 16.5. The van der Waals surface area contributed by atoms with E-state index in [-0.39, 0.29) is 18.9 Å². The van der Waals surface area contributed by atoms with Crippen LogP contribution in [-0.4, -0.2) is 36.7 Å². The van der Waals surface area contributed by atoms with E-state index < -0.39 is 5.97 Å². The van der Waals surface area contributed by atoms with Crippen LogP contribution in [0.25, 0.3) is 0 Å². The fraction of sp³-hybridized carbons (Fsp3) is 0.500. The summed E-state index contributed by atoms with van der Waals surface area (Å²) in [6.45, 7) is 1.50. The third kappa shape index (κ3) is 5.27. The van der Waals surface area contributed by atoms with Gasteiger partial charge in [-0.2, -0.15) is 0 Å². The van der Waals surface area contributed by atoms with E-state index in [1.807, 2.05) is 18.2 Å². The van der Waals surface area contributed by atoms with Crippen molar-refractivity contribution in [3.05, 3.63) is 23.8 Å². The van der Waals surface area contributed by atoms with Gasteiger partial charge in [0, 0.05) is 19.4 Å². The smallest absolute Gasteiger partial charge is 0.305 e. The Labute approximate surface area is 129 Å². The lowest BCUT2D eigenvalue weighted by Crippen LogP contribution is -2.25. The van der Waals surface area contributed by atoms with Gasteiger partial charge in [-0.05, 0) is 30.5 Å². The molecule has 1 aromatic carbocycles. The Bertz CT molecular complexity index is 529. The van der Waals surface area contributed by atoms with Gasteiger partial charge in [0.25, 0.3) is 0 Å². The van der Waals surface area contributed by atoms with Crippen LogP contribution >= 0.6 is 0 Å². The monoisotopic (exact) mass is 307 g/mol. The maximum absolute atomic E-state index is 11.5. The van der Waals surface area contributed by atoms with Crippen LogP contribution in [0.2, 0.25) is 0 Å². The lowest BCUT2D eigenvalue weighted by Gasteiger charge is -2.09. The second-order valence-electron chi connectivity index (χ2n) is 5.18. The summed E-state index contributed by atoms with van der Waals surface area (Å²) in [6.07, 6.45) is 2.68. The Morgan fingerprint density at radius 1 is 1.14 bits per heavy atom. The van der Waals surface area contributed by atoms with Crippen LogP contribution in [0.15, 0.2) is 18.2 Å². The Kier molecular flexibility index (Phi) is 6.06. The predicted octanol–water partition coefficient (Wildman–Crippen LogP) is 1.76. The molecule has 1 aliphatic rings. The molecule has 2 rings (SSSR count). The van der Waals surface area contributed by atoms with Gasteiger partial charge in [-0.1, -0.05) is 6.07 Å². The molecule has 0 aromatic heterocycles. The first-order chi connectivity index (χ1) is 10.6. The van der Waals surface area contributed by atoms with Crippen LogP contribution in [0.4, 0.5) is 0 Å². The Morgan fingerprint density at radius 2 is 1.91 bits per heavy atom. The quantitative estimate of drug-likeness (QED) is 0.802. The summed E-state index contributed by atoms with van der Waals surface area (Å²) < 4.78 is 11.2. The van der Waals surface area contributed by atoms with Crippen molar-refractivity contribution in [1.29, 1.82) is 0 Å². The van der Waals surface area contributed by atoms with E-state index >= 15 is 0 Å². The molecular weight excluding hydrogens is 286 g/mol. The van der Waals surface area contributed by atoms with E-state index in [4.69, 9.17) is 14.6 Å². The van der Waals surface area contributed by atoms with Gasteiger partial charge in [0.15, 0.2) is 11.5 Å². The second-order valence-corrected chi connectivity index (χ2v) is 5.18. The van der Waals surface area contributed by atoms with E-state index in [2.05, 4.69) is 5.32 Å². The van der Waals surface area contributed by atoms with Gasteiger partial charge in [0.2, 0.25) is 5.91 Å². The van der Waals surface area contributed by atoms with E-state index in [1.54, 1.807) is 0 Å². The molecule has 0 unspecified atom stereocenters. The third-order valence-electron chi connectivity index (χ3n) is 3.34. The molecule has 1 aliphatic heterocycles. The molecule has 6 heteroatoms. The third-order valence-corrected chi connectivity index (χ3v) is 3.34. The van der Waals surface area contributed by atoms with E-state index in [9.17, 15) is 9.59 Å². The summed E-state index contributed by atoms with van der Waals surface area (Å²) in [7, 11) is 0. The summed E-state index contributed by atoms with van der Waals surface area (Å²) in [5.41, 5.74) is 1.10. The maximum Gasteiger partial charge on any atom is 0.305 e. The molecule has 2 N–H and O–H groups in total. The van der Waals surface area contributed by atoms with Crippen molar-refractivity contribution in [2.75, 3.05) is 19.8 Å². The molecule has 0 radical (unpaired) electrons. The normalized spacial score (nSPS) is 13.3. The van der Waals surface area contributed by atoms with Crippen molar-refractivity contribution in [3.63, 3.8) is 0 Å². The highest BCUT2D eigenvalue weighted by molar-refractivity contribution is 5.76. The zero-order valence-electron chi connectivity index (χ0n) is 12.5. The maximum atomic E-state index is 11.5. The molecule has 6 nitrogen and oxygen atoms in total. The molecule has 22 heavy (non-hydrogen) atoms. The minimum atomic E-state index is -0.910. The molecule has 1 aromatic rings. The number of carboxylic acid groups (broad SMARTS) is 1. The molecule has 120 valence electrons. The summed E-state index contributed by atoms with van der Waals surface area (Å²) >= 11 is 0. The number of hydrogen-bond donors (Lipinski definition) is 2. The number of fused-ring (bicyclic) bond motifs is 1. The molecule has 0 saturated heterocycles. The zero-order chi connectivity index (χ0) is 15.8. The van der Waals surface area contributed by atoms with Crippen molar-refractivity contribution < 1.29 is 24.2 Å². The summed E-state index contributed by atoms with van der Waals surface area (Å²) in [5, 5.41) is 11.1. The number of carboxylic acids is 1. The van der Waals surface area contributed by atoms with Gasteiger partial charge in [-0.15, -0.1) is 0 Å². The molecule has 0 aliphatic carbocycles. The number of aliphatic carboxylic acids is 1. The summed E-state index contributed by atoms with van der Waals surface area (Å²) in [5.74, 6) is 0.511. The molecule has 0 atom stereocenters. The van der Waals surface area contributed by atoms with Gasteiger partial charge in [0.1, 0.15) is 0 Å². The summed E-state index contributed by atoms with van der Waals surface area (Å²) in [4.78, 5) is 21.9. The number of hydrogen-bond acceptors (Lipinski definition) is 4. The highest BCUT2D eigenvalue weighted by Gasteiger charge is 2.11. The minimum absolute atomic E-state index is 0.0477. The van der Waals surface area contributed by atoms with Gasteiger partial charge in [-0.25, -0.2) is 0 Å². The number of carbonyl (C=O) groups is 2. The standard InChI is InChI=1S/C16H21NO5/c18-15(17-8-7-16(19)20)4-1-3-12-5-6-13-14(11-12)22-10-2-9-21-13/h5-6,11H,1-4,7-10H2,(H,17,18)(H,19,20).